The highest BCUT2D eigenvalue weighted by Crippen LogP contribution is 2.20. The topological polar surface area (TPSA) is 15.3 Å². The number of hydrogen-bond acceptors (Lipinski definition) is 2. The lowest BCUT2D eigenvalue weighted by Gasteiger charge is -2.36. The molecule has 2 nitrogen and oxygen atoms in total. The van der Waals surface area contributed by atoms with E-state index in [0.717, 1.165) is 32.6 Å². The van der Waals surface area contributed by atoms with Crippen LogP contribution in [0.2, 0.25) is 0 Å². The molecule has 0 aliphatic rings. The molecule has 0 radical (unpaired) electrons. The molecule has 30 heavy (non-hydrogen) atoms. The smallest absolute Gasteiger partial charge is 0.0253 e. The molecular weight excluding hydrogens is 364 g/mol. The van der Waals surface area contributed by atoms with Crippen LogP contribution in [-0.4, -0.2) is 24.0 Å². The van der Waals surface area contributed by atoms with E-state index in [2.05, 4.69) is 115 Å². The number of hydrogen-bond donors (Lipinski definition) is 1. The molecule has 0 bridgehead atoms. The summed E-state index contributed by atoms with van der Waals surface area (Å²) in [6.45, 7) is 8.69. The fourth-order valence-corrected chi connectivity index (χ4v) is 4.02. The molecule has 0 aliphatic carbocycles. The fourth-order valence-electron chi connectivity index (χ4n) is 4.02. The maximum atomic E-state index is 3.76. The minimum Gasteiger partial charge on any atom is -0.315 e. The van der Waals surface area contributed by atoms with Crippen molar-refractivity contribution in [1.82, 2.24) is 10.2 Å². The second-order valence-corrected chi connectivity index (χ2v) is 8.27. The molecule has 0 spiro atoms. The van der Waals surface area contributed by atoms with Gasteiger partial charge in [-0.05, 0) is 35.6 Å². The molecule has 2 atom stereocenters. The van der Waals surface area contributed by atoms with Gasteiger partial charge in [0.1, 0.15) is 0 Å². The van der Waals surface area contributed by atoms with Crippen LogP contribution in [-0.2, 0) is 19.5 Å². The molecule has 1 N–H and O–H groups in total. The maximum absolute atomic E-state index is 3.76. The van der Waals surface area contributed by atoms with Crippen molar-refractivity contribution in [3.05, 3.63) is 108 Å². The van der Waals surface area contributed by atoms with Crippen LogP contribution in [0.25, 0.3) is 0 Å². The molecule has 3 rings (SSSR count). The summed E-state index contributed by atoms with van der Waals surface area (Å²) in [7, 11) is 0. The first-order chi connectivity index (χ1) is 14.8. The van der Waals surface area contributed by atoms with Gasteiger partial charge in [-0.3, -0.25) is 4.90 Å². The van der Waals surface area contributed by atoms with Crippen LogP contribution >= 0.6 is 0 Å². The maximum Gasteiger partial charge on any atom is 0.0253 e. The Labute approximate surface area is 183 Å². The third-order valence-corrected chi connectivity index (χ3v) is 6.01. The SMILES string of the molecule is CCC(C)C(CNCCc1ccccc1)N(Cc1ccccc1)Cc1ccccc1. The Morgan fingerprint density at radius 1 is 0.700 bits per heavy atom. The van der Waals surface area contributed by atoms with Crippen molar-refractivity contribution in [1.29, 1.82) is 0 Å². The minimum atomic E-state index is 0.492. The van der Waals surface area contributed by atoms with Gasteiger partial charge in [0.25, 0.3) is 0 Å². The molecule has 3 aromatic rings. The quantitative estimate of drug-likeness (QED) is 0.379. The van der Waals surface area contributed by atoms with E-state index in [1.807, 2.05) is 0 Å². The number of rotatable bonds is 12. The zero-order chi connectivity index (χ0) is 21.0. The Morgan fingerprint density at radius 2 is 1.17 bits per heavy atom. The highest BCUT2D eigenvalue weighted by atomic mass is 15.2. The van der Waals surface area contributed by atoms with Gasteiger partial charge in [0, 0.05) is 25.7 Å². The first kappa shape index (κ1) is 22.3. The molecule has 0 saturated heterocycles. The molecular formula is C28H36N2. The van der Waals surface area contributed by atoms with Gasteiger partial charge in [-0.15, -0.1) is 0 Å². The zero-order valence-electron chi connectivity index (χ0n) is 18.5. The van der Waals surface area contributed by atoms with E-state index in [0.29, 0.717) is 12.0 Å². The number of nitrogens with zero attached hydrogens (tertiary/aromatic N) is 1. The molecule has 2 unspecified atom stereocenters. The van der Waals surface area contributed by atoms with Crippen molar-refractivity contribution in [2.75, 3.05) is 13.1 Å². The van der Waals surface area contributed by atoms with Crippen LogP contribution < -0.4 is 5.32 Å². The predicted molar refractivity (Wildman–Crippen MR) is 128 cm³/mol. The molecule has 158 valence electrons. The lowest BCUT2D eigenvalue weighted by molar-refractivity contribution is 0.126. The van der Waals surface area contributed by atoms with E-state index in [9.17, 15) is 0 Å². The standard InChI is InChI=1S/C28H36N2/c1-3-24(2)28(21-29-20-19-25-13-7-4-8-14-25)30(22-26-15-9-5-10-16-26)23-27-17-11-6-12-18-27/h4-18,24,28-29H,3,19-23H2,1-2H3. The Balaban J connectivity index is 1.69. The van der Waals surface area contributed by atoms with Crippen LogP contribution in [0.15, 0.2) is 91.0 Å². The van der Waals surface area contributed by atoms with E-state index in [-0.39, 0.29) is 0 Å². The lowest BCUT2D eigenvalue weighted by atomic mass is 9.96. The van der Waals surface area contributed by atoms with Gasteiger partial charge in [0.2, 0.25) is 0 Å². The van der Waals surface area contributed by atoms with Crippen LogP contribution in [0.3, 0.4) is 0 Å². The van der Waals surface area contributed by atoms with Gasteiger partial charge in [0.05, 0.1) is 0 Å². The lowest BCUT2D eigenvalue weighted by Crippen LogP contribution is -2.46. The average Bonchev–Trinajstić information content (AvgIpc) is 2.80. The van der Waals surface area contributed by atoms with E-state index < -0.39 is 0 Å². The monoisotopic (exact) mass is 400 g/mol. The molecule has 0 aliphatic heterocycles. The summed E-state index contributed by atoms with van der Waals surface area (Å²) in [5, 5.41) is 3.76. The van der Waals surface area contributed by atoms with Gasteiger partial charge in [-0.2, -0.15) is 0 Å². The van der Waals surface area contributed by atoms with Gasteiger partial charge < -0.3 is 5.32 Å². The Morgan fingerprint density at radius 3 is 1.63 bits per heavy atom. The van der Waals surface area contributed by atoms with Crippen molar-refractivity contribution < 1.29 is 0 Å². The van der Waals surface area contributed by atoms with Gasteiger partial charge in [0.15, 0.2) is 0 Å². The second-order valence-electron chi connectivity index (χ2n) is 8.27. The van der Waals surface area contributed by atoms with Crippen molar-refractivity contribution >= 4 is 0 Å². The Kier molecular flexibility index (Phi) is 9.14. The minimum absolute atomic E-state index is 0.492. The average molecular weight is 401 g/mol. The Bertz CT molecular complexity index is 776. The third kappa shape index (κ3) is 7.12. The summed E-state index contributed by atoms with van der Waals surface area (Å²) < 4.78 is 0. The summed E-state index contributed by atoms with van der Waals surface area (Å²) in [6, 6.07) is 33.0. The number of benzene rings is 3. The first-order valence-corrected chi connectivity index (χ1v) is 11.3. The molecule has 0 amide bonds. The first-order valence-electron chi connectivity index (χ1n) is 11.3. The zero-order valence-corrected chi connectivity index (χ0v) is 18.5. The van der Waals surface area contributed by atoms with Gasteiger partial charge >= 0.3 is 0 Å². The number of nitrogens with one attached hydrogen (secondary N) is 1. The molecule has 0 fully saturated rings. The fraction of sp³-hybridized carbons (Fsp3) is 0.357. The molecule has 0 heterocycles. The summed E-state index contributed by atoms with van der Waals surface area (Å²) in [5.41, 5.74) is 4.16. The second kappa shape index (κ2) is 12.3. The van der Waals surface area contributed by atoms with Crippen molar-refractivity contribution in [2.45, 2.75) is 45.8 Å². The van der Waals surface area contributed by atoms with Crippen LogP contribution in [0.1, 0.15) is 37.0 Å². The van der Waals surface area contributed by atoms with Crippen LogP contribution in [0.5, 0.6) is 0 Å². The van der Waals surface area contributed by atoms with Gasteiger partial charge in [-0.1, -0.05) is 111 Å². The van der Waals surface area contributed by atoms with E-state index in [1.54, 1.807) is 0 Å². The third-order valence-electron chi connectivity index (χ3n) is 6.01. The Hall–Kier alpha value is -2.42. The highest BCUT2D eigenvalue weighted by Gasteiger charge is 2.23. The predicted octanol–water partition coefficient (Wildman–Crippen LogP) is 5.94. The van der Waals surface area contributed by atoms with E-state index >= 15 is 0 Å². The summed E-state index contributed by atoms with van der Waals surface area (Å²) in [6.07, 6.45) is 2.26. The molecule has 0 saturated carbocycles. The highest BCUT2D eigenvalue weighted by molar-refractivity contribution is 5.18. The summed E-state index contributed by atoms with van der Waals surface area (Å²) in [5.74, 6) is 0.627. The van der Waals surface area contributed by atoms with Gasteiger partial charge in [-0.25, -0.2) is 0 Å². The molecule has 0 aromatic heterocycles. The normalized spacial score (nSPS) is 13.3. The summed E-state index contributed by atoms with van der Waals surface area (Å²) in [4.78, 5) is 2.66. The largest absolute Gasteiger partial charge is 0.315 e. The molecule has 2 heteroatoms. The van der Waals surface area contributed by atoms with Crippen LogP contribution in [0, 0.1) is 5.92 Å². The molecule has 3 aromatic carbocycles. The van der Waals surface area contributed by atoms with E-state index in [1.165, 1.54) is 23.1 Å². The van der Waals surface area contributed by atoms with Crippen LogP contribution in [0.4, 0.5) is 0 Å². The van der Waals surface area contributed by atoms with Crippen molar-refractivity contribution in [3.8, 4) is 0 Å². The van der Waals surface area contributed by atoms with Crippen molar-refractivity contribution in [3.63, 3.8) is 0 Å². The van der Waals surface area contributed by atoms with E-state index in [4.69, 9.17) is 0 Å². The van der Waals surface area contributed by atoms with Crippen molar-refractivity contribution in [2.24, 2.45) is 5.92 Å². The summed E-state index contributed by atoms with van der Waals surface area (Å²) >= 11 is 0.